The van der Waals surface area contributed by atoms with Gasteiger partial charge in [0, 0.05) is 10.7 Å². The highest BCUT2D eigenvalue weighted by atomic mass is 32.1. The summed E-state index contributed by atoms with van der Waals surface area (Å²) in [6.07, 6.45) is 1.92. The Hall–Kier alpha value is -1.88. The van der Waals surface area contributed by atoms with Crippen molar-refractivity contribution >= 4 is 33.3 Å². The van der Waals surface area contributed by atoms with E-state index in [1.54, 1.807) is 6.07 Å². The van der Waals surface area contributed by atoms with E-state index in [4.69, 9.17) is 4.74 Å². The van der Waals surface area contributed by atoms with E-state index in [1.807, 2.05) is 31.2 Å². The Bertz CT molecular complexity index is 602. The third-order valence-corrected chi connectivity index (χ3v) is 4.19. The fraction of sp³-hybridized carbons (Fsp3) is 0.375. The van der Waals surface area contributed by atoms with Crippen LogP contribution in [0.4, 0.5) is 0 Å². The van der Waals surface area contributed by atoms with Crippen LogP contribution in [0.15, 0.2) is 30.3 Å². The van der Waals surface area contributed by atoms with Crippen molar-refractivity contribution in [2.24, 2.45) is 0 Å². The molecule has 0 aliphatic rings. The van der Waals surface area contributed by atoms with E-state index in [1.165, 1.54) is 11.3 Å². The molecule has 2 rings (SSSR count). The number of hydrogen-bond donors (Lipinski definition) is 1. The van der Waals surface area contributed by atoms with E-state index in [0.717, 1.165) is 22.9 Å². The van der Waals surface area contributed by atoms with E-state index in [0.29, 0.717) is 4.88 Å². The molecule has 2 aromatic rings. The summed E-state index contributed by atoms with van der Waals surface area (Å²) < 4.78 is 6.09. The molecule has 0 saturated heterocycles. The summed E-state index contributed by atoms with van der Waals surface area (Å²) in [6, 6.07) is 9.64. The normalized spacial score (nSPS) is 12.1. The smallest absolute Gasteiger partial charge is 0.348 e. The van der Waals surface area contributed by atoms with Crippen molar-refractivity contribution < 1.29 is 14.3 Å². The van der Waals surface area contributed by atoms with E-state index >= 15 is 0 Å². The molecule has 0 saturated carbocycles. The van der Waals surface area contributed by atoms with Gasteiger partial charge in [0.05, 0.1) is 0 Å². The first-order chi connectivity index (χ1) is 10.1. The van der Waals surface area contributed by atoms with E-state index in [2.05, 4.69) is 12.2 Å². The Morgan fingerprint density at radius 1 is 1.33 bits per heavy atom. The van der Waals surface area contributed by atoms with Crippen molar-refractivity contribution in [2.45, 2.75) is 32.7 Å². The van der Waals surface area contributed by atoms with Crippen molar-refractivity contribution in [3.05, 3.63) is 35.2 Å². The summed E-state index contributed by atoms with van der Waals surface area (Å²) in [5, 5.41) is 3.81. The number of thiophene rings is 1. The van der Waals surface area contributed by atoms with Crippen molar-refractivity contribution in [1.29, 1.82) is 0 Å². The predicted octanol–water partition coefficient (Wildman–Crippen LogP) is 3.36. The summed E-state index contributed by atoms with van der Waals surface area (Å²) in [6.45, 7) is 3.76. The highest BCUT2D eigenvalue weighted by Crippen LogP contribution is 2.25. The van der Waals surface area contributed by atoms with Gasteiger partial charge in [0.15, 0.2) is 6.61 Å². The summed E-state index contributed by atoms with van der Waals surface area (Å²) in [5.74, 6) is -0.708. The molecule has 21 heavy (non-hydrogen) atoms. The van der Waals surface area contributed by atoms with Gasteiger partial charge >= 0.3 is 5.97 Å². The monoisotopic (exact) mass is 305 g/mol. The van der Waals surface area contributed by atoms with E-state index in [-0.39, 0.29) is 18.6 Å². The van der Waals surface area contributed by atoms with Gasteiger partial charge in [-0.25, -0.2) is 4.79 Å². The molecule has 1 atom stereocenters. The lowest BCUT2D eigenvalue weighted by Gasteiger charge is -2.12. The SMILES string of the molecule is CCC[C@@H](C)NC(=O)COC(=O)c1cc2ccccc2s1. The molecule has 5 heteroatoms. The maximum absolute atomic E-state index is 11.9. The van der Waals surface area contributed by atoms with E-state index in [9.17, 15) is 9.59 Å². The van der Waals surface area contributed by atoms with E-state index < -0.39 is 5.97 Å². The molecular weight excluding hydrogens is 286 g/mol. The number of ether oxygens (including phenoxy) is 1. The lowest BCUT2D eigenvalue weighted by atomic mass is 10.2. The lowest BCUT2D eigenvalue weighted by molar-refractivity contribution is -0.124. The zero-order valence-corrected chi connectivity index (χ0v) is 13.0. The Kier molecular flexibility index (Phi) is 5.33. The van der Waals surface area contributed by atoms with Gasteiger partial charge in [0.25, 0.3) is 5.91 Å². The fourth-order valence-electron chi connectivity index (χ4n) is 2.11. The molecule has 1 aromatic carbocycles. The van der Waals surface area contributed by atoms with Gasteiger partial charge in [-0.15, -0.1) is 11.3 Å². The van der Waals surface area contributed by atoms with Crippen LogP contribution >= 0.6 is 11.3 Å². The molecule has 1 N–H and O–H groups in total. The fourth-order valence-corrected chi connectivity index (χ4v) is 3.06. The number of fused-ring (bicyclic) bond motifs is 1. The second-order valence-corrected chi connectivity index (χ2v) is 6.07. The largest absolute Gasteiger partial charge is 0.451 e. The van der Waals surface area contributed by atoms with Crippen LogP contribution in [0.3, 0.4) is 0 Å². The molecule has 1 heterocycles. The van der Waals surface area contributed by atoms with Crippen LogP contribution in [-0.2, 0) is 9.53 Å². The van der Waals surface area contributed by atoms with Crippen LogP contribution < -0.4 is 5.32 Å². The van der Waals surface area contributed by atoms with Gasteiger partial charge in [-0.1, -0.05) is 31.5 Å². The topological polar surface area (TPSA) is 55.4 Å². The number of amides is 1. The highest BCUT2D eigenvalue weighted by molar-refractivity contribution is 7.20. The molecule has 0 fully saturated rings. The summed E-state index contributed by atoms with van der Waals surface area (Å²) in [7, 11) is 0. The zero-order valence-electron chi connectivity index (χ0n) is 12.2. The minimum atomic E-state index is -0.450. The number of nitrogens with one attached hydrogen (secondary N) is 1. The van der Waals surface area contributed by atoms with Crippen LogP contribution in [0.25, 0.3) is 10.1 Å². The minimum absolute atomic E-state index is 0.102. The summed E-state index contributed by atoms with van der Waals surface area (Å²) >= 11 is 1.37. The molecule has 0 bridgehead atoms. The first-order valence-corrected chi connectivity index (χ1v) is 7.87. The molecule has 4 nitrogen and oxygen atoms in total. The molecule has 0 aliphatic carbocycles. The van der Waals surface area contributed by atoms with Crippen LogP contribution in [0.1, 0.15) is 36.4 Å². The van der Waals surface area contributed by atoms with Gasteiger partial charge in [0.2, 0.25) is 0 Å². The van der Waals surface area contributed by atoms with Crippen molar-refractivity contribution in [3.63, 3.8) is 0 Å². The maximum atomic E-state index is 11.9. The number of esters is 1. The zero-order chi connectivity index (χ0) is 15.2. The molecule has 1 aromatic heterocycles. The second kappa shape index (κ2) is 7.22. The van der Waals surface area contributed by atoms with Gasteiger partial charge in [-0.3, -0.25) is 4.79 Å². The Balaban J connectivity index is 1.88. The maximum Gasteiger partial charge on any atom is 0.348 e. The average molecular weight is 305 g/mol. The quantitative estimate of drug-likeness (QED) is 0.833. The standard InChI is InChI=1S/C16H19NO3S/c1-3-6-11(2)17-15(18)10-20-16(19)14-9-12-7-4-5-8-13(12)21-14/h4-5,7-9,11H,3,6,10H2,1-2H3,(H,17,18)/t11-/m1/s1. The third kappa shape index (κ3) is 4.29. The number of hydrogen-bond acceptors (Lipinski definition) is 4. The second-order valence-electron chi connectivity index (χ2n) is 4.98. The van der Waals surface area contributed by atoms with Crippen molar-refractivity contribution in [1.82, 2.24) is 5.32 Å². The van der Waals surface area contributed by atoms with Gasteiger partial charge in [-0.05, 0) is 30.9 Å². The molecule has 0 aliphatic heterocycles. The van der Waals surface area contributed by atoms with Gasteiger partial charge in [-0.2, -0.15) is 0 Å². The summed E-state index contributed by atoms with van der Waals surface area (Å²) in [5.41, 5.74) is 0. The van der Waals surface area contributed by atoms with Crippen molar-refractivity contribution in [2.75, 3.05) is 6.61 Å². The number of rotatable bonds is 6. The first-order valence-electron chi connectivity index (χ1n) is 7.05. The number of carbonyl (C=O) groups excluding carboxylic acids is 2. The molecule has 1 amide bonds. The lowest BCUT2D eigenvalue weighted by Crippen LogP contribution is -2.35. The Morgan fingerprint density at radius 2 is 2.10 bits per heavy atom. The predicted molar refractivity (Wildman–Crippen MR) is 84.6 cm³/mol. The average Bonchev–Trinajstić information content (AvgIpc) is 2.89. The third-order valence-electron chi connectivity index (χ3n) is 3.09. The first kappa shape index (κ1) is 15.5. The molecule has 0 unspecified atom stereocenters. The highest BCUT2D eigenvalue weighted by Gasteiger charge is 2.14. The molecule has 0 radical (unpaired) electrons. The molecule has 0 spiro atoms. The van der Waals surface area contributed by atoms with Gasteiger partial charge < -0.3 is 10.1 Å². The summed E-state index contributed by atoms with van der Waals surface area (Å²) in [4.78, 5) is 24.1. The minimum Gasteiger partial charge on any atom is -0.451 e. The van der Waals surface area contributed by atoms with Crippen molar-refractivity contribution in [3.8, 4) is 0 Å². The Morgan fingerprint density at radius 3 is 2.81 bits per heavy atom. The number of carbonyl (C=O) groups is 2. The number of benzene rings is 1. The van der Waals surface area contributed by atoms with Crippen LogP contribution in [0.2, 0.25) is 0 Å². The molecule has 112 valence electrons. The molecular formula is C16H19NO3S. The van der Waals surface area contributed by atoms with Gasteiger partial charge in [0.1, 0.15) is 4.88 Å². The Labute approximate surface area is 128 Å². The van der Waals surface area contributed by atoms with Crippen LogP contribution in [0, 0.1) is 0 Å². The van der Waals surface area contributed by atoms with Crippen LogP contribution in [0.5, 0.6) is 0 Å². The van der Waals surface area contributed by atoms with Crippen LogP contribution in [-0.4, -0.2) is 24.5 Å².